The number of aliphatic hydroxyl groups excluding tert-OH is 1. The van der Waals surface area contributed by atoms with E-state index in [0.29, 0.717) is 13.0 Å². The summed E-state index contributed by atoms with van der Waals surface area (Å²) in [6.45, 7) is 3.94. The maximum atomic E-state index is 9.95. The molecule has 60 valence electrons. The fraction of sp³-hybridized carbons (Fsp3) is 1.00. The second kappa shape index (κ2) is 5.32. The summed E-state index contributed by atoms with van der Waals surface area (Å²) < 4.78 is 0. The molecule has 0 bridgehead atoms. The molecule has 2 N–H and O–H groups in total. The van der Waals surface area contributed by atoms with Gasteiger partial charge in [0.25, 0.3) is 0 Å². The van der Waals surface area contributed by atoms with Crippen molar-refractivity contribution in [3.63, 3.8) is 0 Å². The molecule has 4 heteroatoms. The molecule has 0 aliphatic heterocycles. The lowest BCUT2D eigenvalue weighted by atomic mass is 10.3. The molecular formula is C6H14N2O2. The normalized spacial score (nSPS) is 16.3. The van der Waals surface area contributed by atoms with Crippen LogP contribution in [0.15, 0.2) is 5.18 Å². The summed E-state index contributed by atoms with van der Waals surface area (Å²) in [5.41, 5.74) is 0. The van der Waals surface area contributed by atoms with Crippen molar-refractivity contribution in [1.82, 2.24) is 5.32 Å². The summed E-state index contributed by atoms with van der Waals surface area (Å²) in [7, 11) is 0. The smallest absolute Gasteiger partial charge is 0.142 e. The van der Waals surface area contributed by atoms with E-state index in [4.69, 9.17) is 5.11 Å². The lowest BCUT2D eigenvalue weighted by Crippen LogP contribution is -2.32. The van der Waals surface area contributed by atoms with Crippen LogP contribution < -0.4 is 5.32 Å². The minimum atomic E-state index is -0.421. The number of aliphatic hydroxyl groups is 1. The van der Waals surface area contributed by atoms with Crippen LogP contribution in [-0.4, -0.2) is 23.9 Å². The van der Waals surface area contributed by atoms with Crippen molar-refractivity contribution in [3.8, 4) is 0 Å². The monoisotopic (exact) mass is 146 g/mol. The number of hydrogen-bond acceptors (Lipinski definition) is 4. The summed E-state index contributed by atoms with van der Waals surface area (Å²) in [4.78, 5) is 9.95. The lowest BCUT2D eigenvalue weighted by molar-refractivity contribution is 0.186. The molecule has 0 spiro atoms. The highest BCUT2D eigenvalue weighted by atomic mass is 16.3. The molecule has 0 saturated carbocycles. The standard InChI is InChI=1S/C6H14N2O2/c1-3-6(8-10)7-4-5(2)9/h5-7,9H,3-4H2,1-2H3. The average Bonchev–Trinajstić information content (AvgIpc) is 1.90. The third-order valence-corrected chi connectivity index (χ3v) is 1.16. The van der Waals surface area contributed by atoms with Crippen LogP contribution in [0.3, 0.4) is 0 Å². The van der Waals surface area contributed by atoms with Gasteiger partial charge in [-0.05, 0) is 13.3 Å². The van der Waals surface area contributed by atoms with Crippen LogP contribution in [-0.2, 0) is 0 Å². The Hall–Kier alpha value is -0.480. The molecule has 0 fully saturated rings. The summed E-state index contributed by atoms with van der Waals surface area (Å²) in [5.74, 6) is 0. The lowest BCUT2D eigenvalue weighted by Gasteiger charge is -2.09. The van der Waals surface area contributed by atoms with Gasteiger partial charge >= 0.3 is 0 Å². The first kappa shape index (κ1) is 9.52. The van der Waals surface area contributed by atoms with Gasteiger partial charge in [0.05, 0.1) is 6.10 Å². The molecule has 2 unspecified atom stereocenters. The van der Waals surface area contributed by atoms with Crippen LogP contribution in [0.4, 0.5) is 0 Å². The quantitative estimate of drug-likeness (QED) is 0.554. The minimum Gasteiger partial charge on any atom is -0.392 e. The third-order valence-electron chi connectivity index (χ3n) is 1.16. The first-order valence-electron chi connectivity index (χ1n) is 3.44. The Morgan fingerprint density at radius 3 is 2.60 bits per heavy atom. The van der Waals surface area contributed by atoms with E-state index in [1.807, 2.05) is 6.92 Å². The summed E-state index contributed by atoms with van der Waals surface area (Å²) in [5, 5.41) is 14.4. The highest BCUT2D eigenvalue weighted by molar-refractivity contribution is 4.62. The Bertz CT molecular complexity index is 95.7. The zero-order valence-electron chi connectivity index (χ0n) is 6.37. The van der Waals surface area contributed by atoms with Crippen LogP contribution >= 0.6 is 0 Å². The molecule has 0 heterocycles. The largest absolute Gasteiger partial charge is 0.392 e. The molecule has 0 aliphatic rings. The van der Waals surface area contributed by atoms with Crippen molar-refractivity contribution in [2.24, 2.45) is 5.18 Å². The van der Waals surface area contributed by atoms with Gasteiger partial charge in [0.2, 0.25) is 0 Å². The van der Waals surface area contributed by atoms with Gasteiger partial charge in [-0.2, -0.15) is 0 Å². The second-order valence-electron chi connectivity index (χ2n) is 2.29. The molecule has 0 radical (unpaired) electrons. The second-order valence-corrected chi connectivity index (χ2v) is 2.29. The zero-order chi connectivity index (χ0) is 7.98. The van der Waals surface area contributed by atoms with Crippen LogP contribution in [0.1, 0.15) is 20.3 Å². The van der Waals surface area contributed by atoms with E-state index in [2.05, 4.69) is 10.5 Å². The van der Waals surface area contributed by atoms with Crippen molar-refractivity contribution >= 4 is 0 Å². The number of nitroso groups, excluding NO2 is 1. The zero-order valence-corrected chi connectivity index (χ0v) is 6.37. The highest BCUT2D eigenvalue weighted by Crippen LogP contribution is 1.90. The maximum Gasteiger partial charge on any atom is 0.142 e. The van der Waals surface area contributed by atoms with Gasteiger partial charge in [-0.25, -0.2) is 0 Å². The molecule has 0 aromatic heterocycles. The summed E-state index contributed by atoms with van der Waals surface area (Å²) in [6, 6.07) is 0. The van der Waals surface area contributed by atoms with E-state index in [0.717, 1.165) is 0 Å². The molecule has 0 aromatic carbocycles. The molecule has 0 amide bonds. The van der Waals surface area contributed by atoms with Gasteiger partial charge in [0, 0.05) is 6.54 Å². The Balaban J connectivity index is 3.34. The number of hydrogen-bond donors (Lipinski definition) is 2. The average molecular weight is 146 g/mol. The van der Waals surface area contributed by atoms with Gasteiger partial charge < -0.3 is 5.11 Å². The summed E-state index contributed by atoms with van der Waals surface area (Å²) in [6.07, 6.45) is -0.110. The van der Waals surface area contributed by atoms with E-state index in [1.54, 1.807) is 6.92 Å². The summed E-state index contributed by atoms with van der Waals surface area (Å²) >= 11 is 0. The Morgan fingerprint density at radius 1 is 1.70 bits per heavy atom. The molecule has 0 aromatic rings. The van der Waals surface area contributed by atoms with Crippen molar-refractivity contribution in [1.29, 1.82) is 0 Å². The number of nitrogens with one attached hydrogen (secondary N) is 1. The van der Waals surface area contributed by atoms with Crippen LogP contribution in [0.25, 0.3) is 0 Å². The predicted octanol–water partition coefficient (Wildman–Crippen LogP) is 0.459. The first-order valence-corrected chi connectivity index (χ1v) is 3.44. The van der Waals surface area contributed by atoms with Gasteiger partial charge in [-0.3, -0.25) is 5.32 Å². The van der Waals surface area contributed by atoms with Crippen LogP contribution in [0.2, 0.25) is 0 Å². The van der Waals surface area contributed by atoms with Crippen molar-refractivity contribution in [2.45, 2.75) is 32.5 Å². The molecule has 0 aliphatic carbocycles. The van der Waals surface area contributed by atoms with E-state index >= 15 is 0 Å². The van der Waals surface area contributed by atoms with Gasteiger partial charge in [-0.15, -0.1) is 4.91 Å². The van der Waals surface area contributed by atoms with Gasteiger partial charge in [-0.1, -0.05) is 12.1 Å². The van der Waals surface area contributed by atoms with Crippen LogP contribution in [0, 0.1) is 4.91 Å². The van der Waals surface area contributed by atoms with Crippen molar-refractivity contribution in [3.05, 3.63) is 4.91 Å². The Kier molecular flexibility index (Phi) is 5.06. The van der Waals surface area contributed by atoms with Gasteiger partial charge in [0.1, 0.15) is 6.17 Å². The number of nitrogens with zero attached hydrogens (tertiary/aromatic N) is 1. The third kappa shape index (κ3) is 4.40. The first-order chi connectivity index (χ1) is 4.70. The molecule has 0 saturated heterocycles. The van der Waals surface area contributed by atoms with E-state index in [1.165, 1.54) is 0 Å². The van der Waals surface area contributed by atoms with Crippen LogP contribution in [0.5, 0.6) is 0 Å². The van der Waals surface area contributed by atoms with E-state index in [-0.39, 0.29) is 6.17 Å². The highest BCUT2D eigenvalue weighted by Gasteiger charge is 2.04. The minimum absolute atomic E-state index is 0.352. The SMILES string of the molecule is CCC(N=O)NCC(C)O. The molecule has 10 heavy (non-hydrogen) atoms. The molecule has 4 nitrogen and oxygen atoms in total. The predicted molar refractivity (Wildman–Crippen MR) is 39.6 cm³/mol. The molecular weight excluding hydrogens is 132 g/mol. The fourth-order valence-electron chi connectivity index (χ4n) is 0.563. The van der Waals surface area contributed by atoms with E-state index in [9.17, 15) is 4.91 Å². The van der Waals surface area contributed by atoms with E-state index < -0.39 is 6.10 Å². The topological polar surface area (TPSA) is 61.7 Å². The van der Waals surface area contributed by atoms with Gasteiger partial charge in [0.15, 0.2) is 0 Å². The number of rotatable bonds is 5. The fourth-order valence-corrected chi connectivity index (χ4v) is 0.563. The van der Waals surface area contributed by atoms with Crippen molar-refractivity contribution < 1.29 is 5.11 Å². The Labute approximate surface area is 60.6 Å². The molecule has 2 atom stereocenters. The Morgan fingerprint density at radius 2 is 2.30 bits per heavy atom. The van der Waals surface area contributed by atoms with Crippen molar-refractivity contribution in [2.75, 3.05) is 6.54 Å². The molecule has 0 rings (SSSR count). The maximum absolute atomic E-state index is 9.95.